The molecule has 0 bridgehead atoms. The van der Waals surface area contributed by atoms with Gasteiger partial charge in [0.15, 0.2) is 6.10 Å². The summed E-state index contributed by atoms with van der Waals surface area (Å²) in [6.07, 6.45) is 13.4. The van der Waals surface area contributed by atoms with E-state index in [0.717, 1.165) is 19.3 Å². The van der Waals surface area contributed by atoms with Crippen LogP contribution >= 0.6 is 7.82 Å². The van der Waals surface area contributed by atoms with Crippen LogP contribution in [0.1, 0.15) is 103 Å². The second-order valence-corrected chi connectivity index (χ2v) is 9.06. The lowest BCUT2D eigenvalue weighted by molar-refractivity contribution is -0.161. The minimum Gasteiger partial charge on any atom is -0.462 e. The Morgan fingerprint density at radius 3 is 1.84 bits per heavy atom. The molecule has 0 heterocycles. The average molecular weight is 466 g/mol. The Balaban J connectivity index is 3.94. The van der Waals surface area contributed by atoms with Crippen molar-refractivity contribution >= 4 is 19.8 Å². The molecule has 0 unspecified atom stereocenters. The van der Waals surface area contributed by atoms with Gasteiger partial charge in [-0.3, -0.25) is 14.1 Å². The largest absolute Gasteiger partial charge is 0.469 e. The third-order valence-electron chi connectivity index (χ3n) is 4.77. The Morgan fingerprint density at radius 2 is 1.32 bits per heavy atom. The topological polar surface area (TPSA) is 119 Å². The first-order valence-electron chi connectivity index (χ1n) is 11.6. The van der Waals surface area contributed by atoms with E-state index >= 15 is 0 Å². The molecule has 0 saturated heterocycles. The van der Waals surface area contributed by atoms with Crippen molar-refractivity contribution in [1.29, 1.82) is 0 Å². The summed E-state index contributed by atoms with van der Waals surface area (Å²) in [5.41, 5.74) is 0. The Hall–Kier alpha value is -0.950. The summed E-state index contributed by atoms with van der Waals surface area (Å²) in [6, 6.07) is 0. The number of carbonyl (C=O) groups is 2. The summed E-state index contributed by atoms with van der Waals surface area (Å²) in [5, 5.41) is 0. The SMILES string of the molecule is [CH2-]CCCC(=O)O[C@H](COC(=O)CCCCCCCCCCCCC)COP(=O)(O)O. The molecule has 31 heavy (non-hydrogen) atoms. The van der Waals surface area contributed by atoms with Crippen molar-refractivity contribution in [3.63, 3.8) is 0 Å². The first-order valence-corrected chi connectivity index (χ1v) is 13.2. The van der Waals surface area contributed by atoms with E-state index < -0.39 is 32.5 Å². The van der Waals surface area contributed by atoms with Gasteiger partial charge in [0.2, 0.25) is 0 Å². The normalized spacial score (nSPS) is 12.5. The van der Waals surface area contributed by atoms with Crippen LogP contribution in [0.15, 0.2) is 0 Å². The maximum atomic E-state index is 11.9. The monoisotopic (exact) mass is 465 g/mol. The molecule has 9 heteroatoms. The number of unbranched alkanes of at least 4 members (excludes halogenated alkanes) is 11. The van der Waals surface area contributed by atoms with E-state index in [4.69, 9.17) is 19.3 Å². The molecule has 184 valence electrons. The molecule has 1 atom stereocenters. The molecule has 0 aliphatic rings. The molecular weight excluding hydrogens is 423 g/mol. The molecule has 0 aromatic heterocycles. The molecule has 0 fully saturated rings. The van der Waals surface area contributed by atoms with Gasteiger partial charge in [-0.25, -0.2) is 4.57 Å². The van der Waals surface area contributed by atoms with Gasteiger partial charge in [0.25, 0.3) is 0 Å². The summed E-state index contributed by atoms with van der Waals surface area (Å²) in [7, 11) is -4.71. The van der Waals surface area contributed by atoms with E-state index in [1.807, 2.05) is 0 Å². The summed E-state index contributed by atoms with van der Waals surface area (Å²) >= 11 is 0. The van der Waals surface area contributed by atoms with Crippen LogP contribution in [0, 0.1) is 6.92 Å². The number of esters is 2. The van der Waals surface area contributed by atoms with Gasteiger partial charge in [-0.15, -0.1) is 0 Å². The Morgan fingerprint density at radius 1 is 0.806 bits per heavy atom. The van der Waals surface area contributed by atoms with Crippen LogP contribution in [-0.4, -0.2) is 41.0 Å². The third kappa shape index (κ3) is 22.0. The molecule has 0 saturated carbocycles. The van der Waals surface area contributed by atoms with Gasteiger partial charge in [0.05, 0.1) is 6.61 Å². The number of hydrogen-bond acceptors (Lipinski definition) is 6. The van der Waals surface area contributed by atoms with E-state index in [-0.39, 0.29) is 19.4 Å². The minimum absolute atomic E-state index is 0.128. The minimum atomic E-state index is -4.71. The predicted octanol–water partition coefficient (Wildman–Crippen LogP) is 5.26. The molecule has 0 aliphatic carbocycles. The number of phosphoric acid groups is 1. The van der Waals surface area contributed by atoms with Gasteiger partial charge in [0, 0.05) is 12.8 Å². The molecule has 0 spiro atoms. The lowest BCUT2D eigenvalue weighted by Gasteiger charge is -2.18. The van der Waals surface area contributed by atoms with Gasteiger partial charge in [-0.1, -0.05) is 77.6 Å². The summed E-state index contributed by atoms with van der Waals surface area (Å²) in [4.78, 5) is 41.3. The number of ether oxygens (including phenoxy) is 2. The highest BCUT2D eigenvalue weighted by molar-refractivity contribution is 7.46. The first-order chi connectivity index (χ1) is 14.8. The van der Waals surface area contributed by atoms with E-state index in [1.54, 1.807) is 0 Å². The molecule has 0 aromatic carbocycles. The Labute approximate surface area is 187 Å². The van der Waals surface area contributed by atoms with Gasteiger partial charge < -0.3 is 26.2 Å². The molecule has 0 rings (SSSR count). The molecule has 0 amide bonds. The van der Waals surface area contributed by atoms with E-state index in [9.17, 15) is 14.2 Å². The van der Waals surface area contributed by atoms with Crippen LogP contribution < -0.4 is 0 Å². The zero-order chi connectivity index (χ0) is 23.4. The van der Waals surface area contributed by atoms with Gasteiger partial charge in [-0.2, -0.15) is 6.42 Å². The quantitative estimate of drug-likeness (QED) is 0.102. The Bertz CT molecular complexity index is 506. The second kappa shape index (κ2) is 19.7. The van der Waals surface area contributed by atoms with Crippen LogP contribution in [0.4, 0.5) is 0 Å². The van der Waals surface area contributed by atoms with Crippen LogP contribution in [0.2, 0.25) is 0 Å². The highest BCUT2D eigenvalue weighted by Crippen LogP contribution is 2.35. The molecular formula is C22H42O8P-. The lowest BCUT2D eigenvalue weighted by Crippen LogP contribution is -2.29. The average Bonchev–Trinajstić information content (AvgIpc) is 2.71. The summed E-state index contributed by atoms with van der Waals surface area (Å²) in [5.74, 6) is -0.977. The number of rotatable bonds is 21. The summed E-state index contributed by atoms with van der Waals surface area (Å²) in [6.45, 7) is 5.00. The highest BCUT2D eigenvalue weighted by atomic mass is 31.2. The smallest absolute Gasteiger partial charge is 0.462 e. The predicted molar refractivity (Wildman–Crippen MR) is 119 cm³/mol. The lowest BCUT2D eigenvalue weighted by atomic mass is 10.1. The maximum Gasteiger partial charge on any atom is 0.469 e. The zero-order valence-corrected chi connectivity index (χ0v) is 20.0. The van der Waals surface area contributed by atoms with Crippen molar-refractivity contribution in [2.45, 2.75) is 109 Å². The van der Waals surface area contributed by atoms with Crippen LogP contribution in [0.3, 0.4) is 0 Å². The van der Waals surface area contributed by atoms with E-state index in [0.29, 0.717) is 12.8 Å². The van der Waals surface area contributed by atoms with Crippen LogP contribution in [0.25, 0.3) is 0 Å². The van der Waals surface area contributed by atoms with Crippen molar-refractivity contribution in [2.75, 3.05) is 13.2 Å². The van der Waals surface area contributed by atoms with Gasteiger partial charge in [0.1, 0.15) is 6.61 Å². The molecule has 0 aliphatic heterocycles. The zero-order valence-electron chi connectivity index (χ0n) is 19.1. The van der Waals surface area contributed by atoms with Crippen molar-refractivity contribution in [1.82, 2.24) is 0 Å². The van der Waals surface area contributed by atoms with Gasteiger partial charge >= 0.3 is 19.8 Å². The fourth-order valence-electron chi connectivity index (χ4n) is 3.00. The van der Waals surface area contributed by atoms with E-state index in [1.165, 1.54) is 51.4 Å². The molecule has 0 radical (unpaired) electrons. The maximum absolute atomic E-state index is 11.9. The highest BCUT2D eigenvalue weighted by Gasteiger charge is 2.22. The van der Waals surface area contributed by atoms with Crippen molar-refractivity contribution in [2.24, 2.45) is 0 Å². The standard InChI is InChI=1S/C22H42O8P/c1-3-5-7-8-9-10-11-12-13-14-15-17-21(23)28-18-20(19-29-31(25,26)27)30-22(24)16-6-4-2/h20H,2-19H2,1H3,(H2,25,26,27)/q-1/t20-/m1/s1. The number of phosphoric ester groups is 1. The molecule has 2 N–H and O–H groups in total. The fourth-order valence-corrected chi connectivity index (χ4v) is 3.36. The van der Waals surface area contributed by atoms with Crippen LogP contribution in [0.5, 0.6) is 0 Å². The second-order valence-electron chi connectivity index (χ2n) is 7.82. The Kier molecular flexibility index (Phi) is 19.1. The third-order valence-corrected chi connectivity index (χ3v) is 5.26. The first kappa shape index (κ1) is 30.0. The van der Waals surface area contributed by atoms with Crippen molar-refractivity contribution < 1.29 is 37.9 Å². The molecule has 0 aromatic rings. The summed E-state index contributed by atoms with van der Waals surface area (Å²) < 4.78 is 25.5. The molecule has 8 nitrogen and oxygen atoms in total. The fraction of sp³-hybridized carbons (Fsp3) is 0.864. The van der Waals surface area contributed by atoms with Gasteiger partial charge in [-0.05, 0) is 6.42 Å². The van der Waals surface area contributed by atoms with Crippen LogP contribution in [-0.2, 0) is 28.2 Å². The number of hydrogen-bond donors (Lipinski definition) is 2. The number of carbonyl (C=O) groups excluding carboxylic acids is 2. The van der Waals surface area contributed by atoms with Crippen molar-refractivity contribution in [3.05, 3.63) is 6.92 Å². The van der Waals surface area contributed by atoms with E-state index in [2.05, 4.69) is 18.4 Å². The van der Waals surface area contributed by atoms with Crippen molar-refractivity contribution in [3.8, 4) is 0 Å².